The summed E-state index contributed by atoms with van der Waals surface area (Å²) in [5, 5.41) is 9.30. The fraction of sp³-hybridized carbons (Fsp3) is 0.333. The number of carbonyl (C=O) groups excluding carboxylic acids is 3. The molecule has 0 saturated carbocycles. The second-order valence-corrected chi connectivity index (χ2v) is 7.81. The largest absolute Gasteiger partial charge is 0.497 e. The molecule has 0 unspecified atom stereocenters. The zero-order valence-electron chi connectivity index (χ0n) is 17.2. The standard InChI is InChI=1S/C21H21N3O6S/c1-4-30-21(27)17-16(11-5-7-12(28-2)8-6-11)13(10-22)18(23)24-19(26)14(31-20(17)24)9-15(25)29-3/h5-8,14,16H,4,9,23H2,1-3H3/t14-,16-/m0/s1. The molecule has 0 radical (unpaired) electrons. The van der Waals surface area contributed by atoms with Gasteiger partial charge in [0.15, 0.2) is 0 Å². The summed E-state index contributed by atoms with van der Waals surface area (Å²) in [7, 11) is 2.76. The van der Waals surface area contributed by atoms with Crippen LogP contribution in [-0.2, 0) is 23.9 Å². The highest BCUT2D eigenvalue weighted by Gasteiger charge is 2.49. The molecule has 1 saturated heterocycles. The summed E-state index contributed by atoms with van der Waals surface area (Å²) >= 11 is 1.04. The summed E-state index contributed by atoms with van der Waals surface area (Å²) in [4.78, 5) is 38.9. The van der Waals surface area contributed by atoms with Crippen molar-refractivity contribution in [1.29, 1.82) is 5.26 Å². The molecule has 1 aromatic rings. The lowest BCUT2D eigenvalue weighted by atomic mass is 9.83. The topological polar surface area (TPSA) is 132 Å². The van der Waals surface area contributed by atoms with Crippen LogP contribution in [0.1, 0.15) is 24.8 Å². The molecule has 2 heterocycles. The van der Waals surface area contributed by atoms with E-state index >= 15 is 0 Å². The molecule has 2 aliphatic rings. The molecule has 2 N–H and O–H groups in total. The third-order valence-electron chi connectivity index (χ3n) is 4.92. The van der Waals surface area contributed by atoms with Gasteiger partial charge in [-0.15, -0.1) is 0 Å². The molecule has 0 aromatic heterocycles. The molecule has 31 heavy (non-hydrogen) atoms. The zero-order valence-corrected chi connectivity index (χ0v) is 18.0. The molecule has 1 amide bonds. The number of allylic oxidation sites excluding steroid dienone is 1. The minimum absolute atomic E-state index is 0.0460. The van der Waals surface area contributed by atoms with E-state index in [4.69, 9.17) is 15.2 Å². The van der Waals surface area contributed by atoms with Crippen molar-refractivity contribution >= 4 is 29.6 Å². The Morgan fingerprint density at radius 1 is 1.26 bits per heavy atom. The van der Waals surface area contributed by atoms with Crippen molar-refractivity contribution in [3.8, 4) is 11.8 Å². The number of carbonyl (C=O) groups is 3. The Morgan fingerprint density at radius 2 is 1.94 bits per heavy atom. The predicted molar refractivity (Wildman–Crippen MR) is 111 cm³/mol. The molecule has 2 atom stereocenters. The van der Waals surface area contributed by atoms with Crippen molar-refractivity contribution in [1.82, 2.24) is 4.90 Å². The number of thioether (sulfide) groups is 1. The van der Waals surface area contributed by atoms with Gasteiger partial charge in [0.05, 0.1) is 55.4 Å². The second-order valence-electron chi connectivity index (χ2n) is 6.62. The van der Waals surface area contributed by atoms with Gasteiger partial charge in [0.1, 0.15) is 16.8 Å². The van der Waals surface area contributed by atoms with E-state index in [2.05, 4.69) is 4.74 Å². The average Bonchev–Trinajstić information content (AvgIpc) is 3.09. The van der Waals surface area contributed by atoms with Gasteiger partial charge < -0.3 is 19.9 Å². The smallest absolute Gasteiger partial charge is 0.337 e. The number of hydrogen-bond donors (Lipinski definition) is 1. The molecule has 0 bridgehead atoms. The number of rotatable bonds is 6. The third-order valence-corrected chi connectivity index (χ3v) is 6.20. The van der Waals surface area contributed by atoms with Crippen LogP contribution in [0, 0.1) is 11.3 Å². The van der Waals surface area contributed by atoms with Crippen LogP contribution < -0.4 is 10.5 Å². The minimum atomic E-state index is -0.835. The van der Waals surface area contributed by atoms with Crippen LogP contribution >= 0.6 is 11.8 Å². The van der Waals surface area contributed by atoms with Crippen LogP contribution in [0.4, 0.5) is 0 Å². The minimum Gasteiger partial charge on any atom is -0.497 e. The number of ether oxygens (including phenoxy) is 3. The van der Waals surface area contributed by atoms with Crippen molar-refractivity contribution in [3.05, 3.63) is 51.8 Å². The Kier molecular flexibility index (Phi) is 6.56. The van der Waals surface area contributed by atoms with E-state index in [0.29, 0.717) is 11.3 Å². The Hall–Kier alpha value is -3.45. The summed E-state index contributed by atoms with van der Waals surface area (Å²) in [5.41, 5.74) is 7.02. The SMILES string of the molecule is CCOC(=O)C1=C2S[C@@H](CC(=O)OC)C(=O)N2C(N)=C(C#N)[C@@H]1c1ccc(OC)cc1. The first-order valence-electron chi connectivity index (χ1n) is 9.40. The highest BCUT2D eigenvalue weighted by Crippen LogP contribution is 2.50. The van der Waals surface area contributed by atoms with Crippen LogP contribution in [0.15, 0.2) is 46.3 Å². The Balaban J connectivity index is 2.19. The van der Waals surface area contributed by atoms with Crippen molar-refractivity contribution in [2.75, 3.05) is 20.8 Å². The normalized spacial score (nSPS) is 20.3. The van der Waals surface area contributed by atoms with Gasteiger partial charge in [0.25, 0.3) is 0 Å². The van der Waals surface area contributed by atoms with Crippen LogP contribution in [0.5, 0.6) is 5.75 Å². The molecule has 1 fully saturated rings. The van der Waals surface area contributed by atoms with E-state index in [0.717, 1.165) is 16.7 Å². The van der Waals surface area contributed by atoms with Gasteiger partial charge in [-0.05, 0) is 24.6 Å². The Morgan fingerprint density at radius 3 is 2.48 bits per heavy atom. The number of nitrogens with two attached hydrogens (primary N) is 1. The number of nitrogens with zero attached hydrogens (tertiary/aromatic N) is 2. The predicted octanol–water partition coefficient (Wildman–Crippen LogP) is 1.77. The third kappa shape index (κ3) is 3.96. The fourth-order valence-electron chi connectivity index (χ4n) is 3.46. The molecule has 2 aliphatic heterocycles. The number of nitriles is 1. The first-order chi connectivity index (χ1) is 14.9. The summed E-state index contributed by atoms with van der Waals surface area (Å²) in [5.74, 6) is -2.04. The van der Waals surface area contributed by atoms with Gasteiger partial charge >= 0.3 is 11.9 Å². The van der Waals surface area contributed by atoms with Gasteiger partial charge in [-0.3, -0.25) is 14.5 Å². The van der Waals surface area contributed by atoms with Crippen molar-refractivity contribution in [2.45, 2.75) is 24.5 Å². The van der Waals surface area contributed by atoms with Gasteiger partial charge in [-0.1, -0.05) is 23.9 Å². The van der Waals surface area contributed by atoms with Crippen LogP contribution in [0.25, 0.3) is 0 Å². The van der Waals surface area contributed by atoms with Gasteiger partial charge in [-0.2, -0.15) is 5.26 Å². The van der Waals surface area contributed by atoms with E-state index < -0.39 is 29.0 Å². The first-order valence-corrected chi connectivity index (χ1v) is 10.3. The fourth-order valence-corrected chi connectivity index (χ4v) is 4.78. The quantitative estimate of drug-likeness (QED) is 0.653. The maximum Gasteiger partial charge on any atom is 0.337 e. The lowest BCUT2D eigenvalue weighted by molar-refractivity contribution is -0.142. The molecule has 1 aromatic carbocycles. The zero-order chi connectivity index (χ0) is 22.7. The molecule has 0 aliphatic carbocycles. The number of esters is 2. The van der Waals surface area contributed by atoms with E-state index in [-0.39, 0.29) is 35.0 Å². The summed E-state index contributed by atoms with van der Waals surface area (Å²) < 4.78 is 15.1. The number of methoxy groups -OCH3 is 2. The second kappa shape index (κ2) is 9.14. The highest BCUT2D eigenvalue weighted by molar-refractivity contribution is 8.04. The van der Waals surface area contributed by atoms with Gasteiger partial charge in [-0.25, -0.2) is 4.79 Å². The highest BCUT2D eigenvalue weighted by atomic mass is 32.2. The lowest BCUT2D eigenvalue weighted by Gasteiger charge is -2.31. The van der Waals surface area contributed by atoms with Gasteiger partial charge in [0.2, 0.25) is 5.91 Å². The van der Waals surface area contributed by atoms with Crippen LogP contribution in [0.3, 0.4) is 0 Å². The molecular weight excluding hydrogens is 422 g/mol. The van der Waals surface area contributed by atoms with Crippen molar-refractivity contribution in [2.24, 2.45) is 5.73 Å². The number of benzene rings is 1. The van der Waals surface area contributed by atoms with Gasteiger partial charge in [0, 0.05) is 0 Å². The molecule has 162 valence electrons. The molecular formula is C21H21N3O6S. The van der Waals surface area contributed by atoms with E-state index in [1.807, 2.05) is 6.07 Å². The lowest BCUT2D eigenvalue weighted by Crippen LogP contribution is -2.38. The molecule has 0 spiro atoms. The average molecular weight is 443 g/mol. The summed E-state index contributed by atoms with van der Waals surface area (Å²) in [6.45, 7) is 1.77. The maximum atomic E-state index is 13.0. The maximum absolute atomic E-state index is 13.0. The summed E-state index contributed by atoms with van der Waals surface area (Å²) in [6.07, 6.45) is -0.196. The number of hydrogen-bond acceptors (Lipinski definition) is 9. The van der Waals surface area contributed by atoms with E-state index in [1.165, 1.54) is 14.2 Å². The molecule has 10 heteroatoms. The molecule has 9 nitrogen and oxygen atoms in total. The Bertz CT molecular complexity index is 1020. The first kappa shape index (κ1) is 22.2. The monoisotopic (exact) mass is 443 g/mol. The van der Waals surface area contributed by atoms with Crippen LogP contribution in [-0.4, -0.2) is 48.8 Å². The summed E-state index contributed by atoms with van der Waals surface area (Å²) in [6, 6.07) is 8.89. The number of amides is 1. The Labute approximate surface area is 183 Å². The van der Waals surface area contributed by atoms with E-state index in [9.17, 15) is 19.6 Å². The molecule has 3 rings (SSSR count). The number of fused-ring (bicyclic) bond motifs is 1. The van der Waals surface area contributed by atoms with Crippen molar-refractivity contribution < 1.29 is 28.6 Å². The van der Waals surface area contributed by atoms with Crippen molar-refractivity contribution in [3.63, 3.8) is 0 Å². The van der Waals surface area contributed by atoms with Crippen LogP contribution in [0.2, 0.25) is 0 Å². The van der Waals surface area contributed by atoms with E-state index in [1.54, 1.807) is 31.2 Å².